The van der Waals surface area contributed by atoms with Crippen LogP contribution in [0.1, 0.15) is 29.3 Å². The van der Waals surface area contributed by atoms with E-state index in [9.17, 15) is 13.2 Å². The lowest BCUT2D eigenvalue weighted by molar-refractivity contribution is -0.121. The lowest BCUT2D eigenvalue weighted by Crippen LogP contribution is -2.32. The molecule has 4 aromatic rings. The van der Waals surface area contributed by atoms with E-state index in [1.165, 1.54) is 18.3 Å². The zero-order valence-corrected chi connectivity index (χ0v) is 22.0. The highest BCUT2D eigenvalue weighted by Crippen LogP contribution is 2.31. The Morgan fingerprint density at radius 3 is 2.43 bits per heavy atom. The Balaban J connectivity index is 1.44. The lowest BCUT2D eigenvalue weighted by atomic mass is 10.0. The van der Waals surface area contributed by atoms with E-state index in [-0.39, 0.29) is 11.3 Å². The Bertz CT molecular complexity index is 1520. The largest absolute Gasteiger partial charge is 0.455 e. The summed E-state index contributed by atoms with van der Waals surface area (Å²) in [5, 5.41) is 4.90. The SMILES string of the molecule is Cc1ccc(S(=O)(=O)N[C@@H](CC(=O)N/N=C\c2ccc(-c3ccc(Cl)cc3Cl)o2)c2ccccc2)cc1. The van der Waals surface area contributed by atoms with E-state index in [1.54, 1.807) is 66.7 Å². The van der Waals surface area contributed by atoms with Gasteiger partial charge in [-0.05, 0) is 55.0 Å². The van der Waals surface area contributed by atoms with Crippen LogP contribution in [0.15, 0.2) is 99.3 Å². The second-order valence-corrected chi connectivity index (χ2v) is 10.8. The number of carbonyl (C=O) groups excluding carboxylic acids is 1. The Morgan fingerprint density at radius 1 is 1.00 bits per heavy atom. The maximum absolute atomic E-state index is 13.0. The molecule has 0 saturated heterocycles. The van der Waals surface area contributed by atoms with Gasteiger partial charge in [0.15, 0.2) is 0 Å². The van der Waals surface area contributed by atoms with Crippen LogP contribution in [0.2, 0.25) is 10.0 Å². The summed E-state index contributed by atoms with van der Waals surface area (Å²) in [4.78, 5) is 12.8. The van der Waals surface area contributed by atoms with Crippen molar-refractivity contribution in [1.29, 1.82) is 0 Å². The van der Waals surface area contributed by atoms with Gasteiger partial charge in [0.25, 0.3) is 0 Å². The first-order valence-electron chi connectivity index (χ1n) is 11.2. The van der Waals surface area contributed by atoms with Crippen LogP contribution in [0.3, 0.4) is 0 Å². The molecule has 0 saturated carbocycles. The van der Waals surface area contributed by atoms with Crippen molar-refractivity contribution in [3.63, 3.8) is 0 Å². The molecule has 0 bridgehead atoms. The average Bonchev–Trinajstić information content (AvgIpc) is 3.33. The second-order valence-electron chi connectivity index (χ2n) is 8.22. The zero-order valence-electron chi connectivity index (χ0n) is 19.7. The topological polar surface area (TPSA) is 101 Å². The fourth-order valence-electron chi connectivity index (χ4n) is 3.54. The minimum Gasteiger partial charge on any atom is -0.455 e. The normalized spacial score (nSPS) is 12.5. The summed E-state index contributed by atoms with van der Waals surface area (Å²) >= 11 is 12.2. The maximum atomic E-state index is 13.0. The van der Waals surface area contributed by atoms with Gasteiger partial charge >= 0.3 is 0 Å². The molecule has 10 heteroatoms. The number of nitrogens with zero attached hydrogens (tertiary/aromatic N) is 1. The van der Waals surface area contributed by atoms with Crippen molar-refractivity contribution in [2.45, 2.75) is 24.3 Å². The van der Waals surface area contributed by atoms with Crippen molar-refractivity contribution < 1.29 is 17.6 Å². The van der Waals surface area contributed by atoms with Crippen LogP contribution in [0.5, 0.6) is 0 Å². The molecule has 0 aliphatic heterocycles. The molecule has 1 aromatic heterocycles. The van der Waals surface area contributed by atoms with Gasteiger partial charge in [-0.1, -0.05) is 71.2 Å². The third-order valence-electron chi connectivity index (χ3n) is 5.42. The molecular formula is C27H23Cl2N3O4S. The number of halogens is 2. The van der Waals surface area contributed by atoms with Gasteiger partial charge in [-0.3, -0.25) is 4.79 Å². The number of sulfonamides is 1. The molecule has 0 unspecified atom stereocenters. The molecule has 0 aliphatic rings. The smallest absolute Gasteiger partial charge is 0.242 e. The highest BCUT2D eigenvalue weighted by molar-refractivity contribution is 7.89. The molecule has 4 rings (SSSR count). The molecular weight excluding hydrogens is 533 g/mol. The van der Waals surface area contributed by atoms with Gasteiger partial charge < -0.3 is 4.42 Å². The predicted molar refractivity (Wildman–Crippen MR) is 145 cm³/mol. The monoisotopic (exact) mass is 555 g/mol. The molecule has 1 atom stereocenters. The number of furan rings is 1. The molecule has 0 radical (unpaired) electrons. The second kappa shape index (κ2) is 11.7. The first-order chi connectivity index (χ1) is 17.7. The highest BCUT2D eigenvalue weighted by atomic mass is 35.5. The molecule has 190 valence electrons. The Labute approximate surface area is 225 Å². The van der Waals surface area contributed by atoms with E-state index in [2.05, 4.69) is 15.2 Å². The Kier molecular flexibility index (Phi) is 8.45. The number of hydrogen-bond donors (Lipinski definition) is 2. The molecule has 1 amide bonds. The summed E-state index contributed by atoms with van der Waals surface area (Å²) in [7, 11) is -3.87. The van der Waals surface area contributed by atoms with Crippen LogP contribution in [-0.4, -0.2) is 20.5 Å². The van der Waals surface area contributed by atoms with Crippen LogP contribution >= 0.6 is 23.2 Å². The van der Waals surface area contributed by atoms with E-state index in [4.69, 9.17) is 27.6 Å². The van der Waals surface area contributed by atoms with E-state index >= 15 is 0 Å². The van der Waals surface area contributed by atoms with Crippen LogP contribution < -0.4 is 10.1 Å². The van der Waals surface area contributed by atoms with E-state index in [0.29, 0.717) is 32.7 Å². The van der Waals surface area contributed by atoms with Gasteiger partial charge in [-0.2, -0.15) is 5.10 Å². The van der Waals surface area contributed by atoms with Gasteiger partial charge in [0, 0.05) is 17.0 Å². The highest BCUT2D eigenvalue weighted by Gasteiger charge is 2.23. The van der Waals surface area contributed by atoms with Crippen LogP contribution in [0.25, 0.3) is 11.3 Å². The number of amides is 1. The molecule has 1 heterocycles. The lowest BCUT2D eigenvalue weighted by Gasteiger charge is -2.18. The Morgan fingerprint density at radius 2 is 1.73 bits per heavy atom. The number of rotatable bonds is 9. The van der Waals surface area contributed by atoms with Gasteiger partial charge in [0.2, 0.25) is 15.9 Å². The first kappa shape index (κ1) is 26.6. The maximum Gasteiger partial charge on any atom is 0.242 e. The predicted octanol–water partition coefficient (Wildman–Crippen LogP) is 6.12. The molecule has 37 heavy (non-hydrogen) atoms. The first-order valence-corrected chi connectivity index (χ1v) is 13.5. The van der Waals surface area contributed by atoms with Crippen molar-refractivity contribution in [3.05, 3.63) is 112 Å². The van der Waals surface area contributed by atoms with E-state index in [1.807, 2.05) is 13.0 Å². The van der Waals surface area contributed by atoms with Crippen molar-refractivity contribution in [2.75, 3.05) is 0 Å². The molecule has 0 fully saturated rings. The van der Waals surface area contributed by atoms with Crippen molar-refractivity contribution >= 4 is 45.3 Å². The number of benzene rings is 3. The van der Waals surface area contributed by atoms with Crippen molar-refractivity contribution in [1.82, 2.24) is 10.1 Å². The molecule has 2 N–H and O–H groups in total. The number of hydrogen-bond acceptors (Lipinski definition) is 5. The number of aryl methyl sites for hydroxylation is 1. The number of hydrazone groups is 1. The summed E-state index contributed by atoms with van der Waals surface area (Å²) in [6, 6.07) is 23.0. The third-order valence-corrected chi connectivity index (χ3v) is 7.46. The van der Waals surface area contributed by atoms with Gasteiger partial charge in [-0.25, -0.2) is 18.6 Å². The van der Waals surface area contributed by atoms with Crippen LogP contribution in [-0.2, 0) is 14.8 Å². The molecule has 0 aliphatic carbocycles. The molecule has 3 aromatic carbocycles. The van der Waals surface area contributed by atoms with Gasteiger partial charge in [-0.15, -0.1) is 0 Å². The molecule has 7 nitrogen and oxygen atoms in total. The van der Waals surface area contributed by atoms with Crippen LogP contribution in [0.4, 0.5) is 0 Å². The zero-order chi connectivity index (χ0) is 26.4. The van der Waals surface area contributed by atoms with Crippen LogP contribution in [0, 0.1) is 6.92 Å². The fourth-order valence-corrected chi connectivity index (χ4v) is 5.27. The van der Waals surface area contributed by atoms with Gasteiger partial charge in [0.05, 0.1) is 22.2 Å². The molecule has 0 spiro atoms. The minimum atomic E-state index is -3.87. The summed E-state index contributed by atoms with van der Waals surface area (Å²) in [6.07, 6.45) is 1.18. The van der Waals surface area contributed by atoms with E-state index < -0.39 is 22.0 Å². The summed E-state index contributed by atoms with van der Waals surface area (Å²) in [5.74, 6) is 0.425. The number of carbonyl (C=O) groups is 1. The van der Waals surface area contributed by atoms with Crippen molar-refractivity contribution in [2.24, 2.45) is 5.10 Å². The quantitative estimate of drug-likeness (QED) is 0.192. The summed E-state index contributed by atoms with van der Waals surface area (Å²) < 4.78 is 34.3. The summed E-state index contributed by atoms with van der Waals surface area (Å²) in [6.45, 7) is 1.87. The number of nitrogens with one attached hydrogen (secondary N) is 2. The average molecular weight is 556 g/mol. The van der Waals surface area contributed by atoms with E-state index in [0.717, 1.165) is 5.56 Å². The fraction of sp³-hybridized carbons (Fsp3) is 0.111. The summed E-state index contributed by atoms with van der Waals surface area (Å²) in [5.41, 5.74) is 4.68. The Hall–Kier alpha value is -3.43. The van der Waals surface area contributed by atoms with Gasteiger partial charge in [0.1, 0.15) is 11.5 Å². The third kappa shape index (κ3) is 7.08. The minimum absolute atomic E-state index is 0.117. The van der Waals surface area contributed by atoms with Crippen molar-refractivity contribution in [3.8, 4) is 11.3 Å². The standard InChI is InChI=1S/C27H23Cl2N3O4S/c1-18-7-11-22(12-8-18)37(34,35)32-25(19-5-3-2-4-6-19)16-27(33)31-30-17-21-10-14-26(36-21)23-13-9-20(28)15-24(23)29/h2-15,17,25,32H,16H2,1H3,(H,31,33)/b30-17-/t25-/m0/s1.